The molecule has 2 rings (SSSR count). The summed E-state index contributed by atoms with van der Waals surface area (Å²) in [6, 6.07) is 3.88. The van der Waals surface area contributed by atoms with Crippen LogP contribution in [0.2, 0.25) is 5.15 Å². The molecule has 0 saturated heterocycles. The highest BCUT2D eigenvalue weighted by molar-refractivity contribution is 9.10. The van der Waals surface area contributed by atoms with E-state index in [0.29, 0.717) is 17.4 Å². The molecule has 2 heterocycles. The molecule has 5 heteroatoms. The van der Waals surface area contributed by atoms with Crippen molar-refractivity contribution in [2.45, 2.75) is 13.3 Å². The molecule has 0 bridgehead atoms. The van der Waals surface area contributed by atoms with Crippen molar-refractivity contribution in [3.63, 3.8) is 0 Å². The Kier molecular flexibility index (Phi) is 3.51. The van der Waals surface area contributed by atoms with Gasteiger partial charge in [-0.05, 0) is 34.5 Å². The second-order valence-electron chi connectivity index (χ2n) is 3.37. The summed E-state index contributed by atoms with van der Waals surface area (Å²) in [4.78, 5) is 12.6. The van der Waals surface area contributed by atoms with Crippen LogP contribution in [0, 0.1) is 6.92 Å². The maximum absolute atomic E-state index is 5.97. The van der Waals surface area contributed by atoms with E-state index in [2.05, 4.69) is 30.9 Å². The lowest BCUT2D eigenvalue weighted by Gasteiger charge is -2.04. The van der Waals surface area contributed by atoms with Gasteiger partial charge in [0.15, 0.2) is 0 Å². The number of pyridine rings is 1. The molecular weight excluding hydrogens is 289 g/mol. The molecule has 82 valence electrons. The largest absolute Gasteiger partial charge is 0.264 e. The van der Waals surface area contributed by atoms with E-state index < -0.39 is 0 Å². The van der Waals surface area contributed by atoms with Crippen LogP contribution in [0.5, 0.6) is 0 Å². The molecule has 0 N–H and O–H groups in total. The van der Waals surface area contributed by atoms with Gasteiger partial charge in [0.1, 0.15) is 11.0 Å². The van der Waals surface area contributed by atoms with Gasteiger partial charge in [0.2, 0.25) is 0 Å². The predicted octanol–water partition coefficient (Wildman–Crippen LogP) is 3.19. The maximum Gasteiger partial charge on any atom is 0.147 e. The minimum atomic E-state index is 0.450. The summed E-state index contributed by atoms with van der Waals surface area (Å²) >= 11 is 9.30. The zero-order chi connectivity index (χ0) is 11.5. The van der Waals surface area contributed by atoms with Gasteiger partial charge < -0.3 is 0 Å². The van der Waals surface area contributed by atoms with Gasteiger partial charge in [0.05, 0.1) is 10.2 Å². The summed E-state index contributed by atoms with van der Waals surface area (Å²) in [6.45, 7) is 1.89. The fourth-order valence-corrected chi connectivity index (χ4v) is 1.76. The molecule has 0 aliphatic carbocycles. The highest BCUT2D eigenvalue weighted by atomic mass is 79.9. The Labute approximate surface area is 107 Å². The Hall–Kier alpha value is -1.00. The third-order valence-electron chi connectivity index (χ3n) is 2.11. The fourth-order valence-electron chi connectivity index (χ4n) is 1.34. The molecule has 0 aromatic carbocycles. The van der Waals surface area contributed by atoms with Gasteiger partial charge >= 0.3 is 0 Å². The van der Waals surface area contributed by atoms with E-state index in [1.807, 2.05) is 19.1 Å². The molecule has 3 nitrogen and oxygen atoms in total. The van der Waals surface area contributed by atoms with Crippen LogP contribution in [0.4, 0.5) is 0 Å². The molecule has 2 aromatic heterocycles. The van der Waals surface area contributed by atoms with E-state index >= 15 is 0 Å². The number of hydrogen-bond donors (Lipinski definition) is 0. The Morgan fingerprint density at radius 2 is 2.19 bits per heavy atom. The molecule has 0 unspecified atom stereocenters. The Morgan fingerprint density at radius 1 is 1.38 bits per heavy atom. The van der Waals surface area contributed by atoms with Gasteiger partial charge in [-0.3, -0.25) is 4.98 Å². The molecule has 0 atom stereocenters. The molecule has 0 radical (unpaired) electrons. The first kappa shape index (κ1) is 11.5. The minimum Gasteiger partial charge on any atom is -0.264 e. The second-order valence-corrected chi connectivity index (χ2v) is 4.52. The van der Waals surface area contributed by atoms with Crippen LogP contribution in [0.15, 0.2) is 29.0 Å². The van der Waals surface area contributed by atoms with E-state index in [0.717, 1.165) is 15.7 Å². The van der Waals surface area contributed by atoms with E-state index in [9.17, 15) is 0 Å². The van der Waals surface area contributed by atoms with Crippen LogP contribution in [0.1, 0.15) is 17.1 Å². The molecule has 0 amide bonds. The summed E-state index contributed by atoms with van der Waals surface area (Å²) in [6.07, 6.45) is 4.18. The number of nitrogens with zero attached hydrogens (tertiary/aromatic N) is 3. The van der Waals surface area contributed by atoms with Crippen molar-refractivity contribution in [3.8, 4) is 0 Å². The van der Waals surface area contributed by atoms with Crippen molar-refractivity contribution >= 4 is 27.5 Å². The van der Waals surface area contributed by atoms with Crippen LogP contribution >= 0.6 is 27.5 Å². The van der Waals surface area contributed by atoms with E-state index in [1.54, 1.807) is 12.4 Å². The predicted molar refractivity (Wildman–Crippen MR) is 66.5 cm³/mol. The molecular formula is C11H9BrClN3. The van der Waals surface area contributed by atoms with Gasteiger partial charge in [-0.1, -0.05) is 17.7 Å². The number of aromatic nitrogens is 3. The van der Waals surface area contributed by atoms with Gasteiger partial charge in [-0.2, -0.15) is 0 Å². The Morgan fingerprint density at radius 3 is 2.81 bits per heavy atom. The van der Waals surface area contributed by atoms with Crippen LogP contribution < -0.4 is 0 Å². The first-order valence-corrected chi connectivity index (χ1v) is 5.91. The highest BCUT2D eigenvalue weighted by Crippen LogP contribution is 2.23. The Balaban J connectivity index is 2.29. The summed E-state index contributed by atoms with van der Waals surface area (Å²) in [5, 5.41) is 0.450. The van der Waals surface area contributed by atoms with Crippen molar-refractivity contribution in [1.29, 1.82) is 0 Å². The quantitative estimate of drug-likeness (QED) is 0.799. The van der Waals surface area contributed by atoms with Crippen LogP contribution in [-0.2, 0) is 6.42 Å². The molecule has 0 saturated carbocycles. The molecule has 0 aliphatic rings. The SMILES string of the molecule is Cc1nc(Cc2cccnc2)nc(Cl)c1Br. The maximum atomic E-state index is 5.97. The monoisotopic (exact) mass is 297 g/mol. The number of hydrogen-bond acceptors (Lipinski definition) is 3. The zero-order valence-electron chi connectivity index (χ0n) is 8.61. The average molecular weight is 299 g/mol. The zero-order valence-corrected chi connectivity index (χ0v) is 11.0. The molecule has 0 aliphatic heterocycles. The van der Waals surface area contributed by atoms with Crippen molar-refractivity contribution in [2.75, 3.05) is 0 Å². The lowest BCUT2D eigenvalue weighted by atomic mass is 10.2. The Bertz CT molecular complexity index is 479. The smallest absolute Gasteiger partial charge is 0.147 e. The first-order chi connectivity index (χ1) is 7.66. The van der Waals surface area contributed by atoms with Crippen molar-refractivity contribution in [2.24, 2.45) is 0 Å². The molecule has 2 aromatic rings. The topological polar surface area (TPSA) is 38.7 Å². The van der Waals surface area contributed by atoms with E-state index in [4.69, 9.17) is 11.6 Å². The summed E-state index contributed by atoms with van der Waals surface area (Å²) in [5.74, 6) is 0.707. The normalized spacial score (nSPS) is 10.4. The second kappa shape index (κ2) is 4.89. The van der Waals surface area contributed by atoms with Crippen molar-refractivity contribution < 1.29 is 0 Å². The van der Waals surface area contributed by atoms with Crippen LogP contribution in [-0.4, -0.2) is 15.0 Å². The minimum absolute atomic E-state index is 0.450. The van der Waals surface area contributed by atoms with E-state index in [1.165, 1.54) is 0 Å². The lowest BCUT2D eigenvalue weighted by molar-refractivity contribution is 0.930. The lowest BCUT2D eigenvalue weighted by Crippen LogP contribution is -2.00. The van der Waals surface area contributed by atoms with Crippen LogP contribution in [0.3, 0.4) is 0 Å². The van der Waals surface area contributed by atoms with Gasteiger partial charge in [-0.25, -0.2) is 9.97 Å². The molecule has 16 heavy (non-hydrogen) atoms. The molecule has 0 spiro atoms. The number of aryl methyl sites for hydroxylation is 1. The average Bonchev–Trinajstić information content (AvgIpc) is 2.27. The van der Waals surface area contributed by atoms with Gasteiger partial charge in [0, 0.05) is 18.8 Å². The number of rotatable bonds is 2. The summed E-state index contributed by atoms with van der Waals surface area (Å²) in [5.41, 5.74) is 1.92. The standard InChI is InChI=1S/C11H9BrClN3/c1-7-10(12)11(13)16-9(15-7)5-8-3-2-4-14-6-8/h2-4,6H,5H2,1H3. The van der Waals surface area contributed by atoms with Gasteiger partial charge in [-0.15, -0.1) is 0 Å². The number of halogens is 2. The third-order valence-corrected chi connectivity index (χ3v) is 3.56. The van der Waals surface area contributed by atoms with Crippen LogP contribution in [0.25, 0.3) is 0 Å². The first-order valence-electron chi connectivity index (χ1n) is 4.74. The van der Waals surface area contributed by atoms with Crippen molar-refractivity contribution in [3.05, 3.63) is 51.2 Å². The third kappa shape index (κ3) is 2.57. The summed E-state index contributed by atoms with van der Waals surface area (Å²) in [7, 11) is 0. The summed E-state index contributed by atoms with van der Waals surface area (Å²) < 4.78 is 0.754. The fraction of sp³-hybridized carbons (Fsp3) is 0.182. The van der Waals surface area contributed by atoms with Crippen molar-refractivity contribution in [1.82, 2.24) is 15.0 Å². The molecule has 0 fully saturated rings. The van der Waals surface area contributed by atoms with E-state index in [-0.39, 0.29) is 0 Å². The van der Waals surface area contributed by atoms with Gasteiger partial charge in [0.25, 0.3) is 0 Å². The highest BCUT2D eigenvalue weighted by Gasteiger charge is 2.07.